The van der Waals surface area contributed by atoms with Gasteiger partial charge in [-0.3, -0.25) is 5.10 Å². The summed E-state index contributed by atoms with van der Waals surface area (Å²) in [6.45, 7) is 5.24. The zero-order chi connectivity index (χ0) is 14.5. The Balaban J connectivity index is 2.65. The maximum atomic E-state index is 11.7. The van der Waals surface area contributed by atoms with Crippen molar-refractivity contribution in [3.63, 3.8) is 0 Å². The molecule has 0 saturated heterocycles. The first-order valence-electron chi connectivity index (χ1n) is 5.87. The molecule has 1 heterocycles. The first kappa shape index (κ1) is 15.0. The molecule has 0 radical (unpaired) electrons. The summed E-state index contributed by atoms with van der Waals surface area (Å²) in [6, 6.07) is -0.808. The third-order valence-corrected chi connectivity index (χ3v) is 2.17. The Labute approximate surface area is 111 Å². The topological polar surface area (TPSA) is 93.3 Å². The van der Waals surface area contributed by atoms with E-state index in [0.29, 0.717) is 0 Å². The number of nitrogens with zero attached hydrogens (tertiary/aromatic N) is 1. The highest BCUT2D eigenvalue weighted by atomic mass is 16.6. The van der Waals surface area contributed by atoms with Gasteiger partial charge in [0, 0.05) is 12.6 Å². The number of hydrogen-bond donors (Lipinski definition) is 2. The molecule has 106 valence electrons. The number of alkyl carbamates (subject to hydrolysis) is 1. The first-order chi connectivity index (χ1) is 8.81. The van der Waals surface area contributed by atoms with Crippen LogP contribution in [0.4, 0.5) is 4.79 Å². The Morgan fingerprint density at radius 2 is 2.16 bits per heavy atom. The van der Waals surface area contributed by atoms with Gasteiger partial charge >= 0.3 is 12.1 Å². The number of esters is 1. The number of carbonyl (C=O) groups excluding carboxylic acids is 2. The van der Waals surface area contributed by atoms with Gasteiger partial charge in [-0.25, -0.2) is 9.59 Å². The number of carbonyl (C=O) groups is 2. The summed E-state index contributed by atoms with van der Waals surface area (Å²) in [6.07, 6.45) is 2.84. The molecule has 1 aromatic heterocycles. The Hall–Kier alpha value is -2.05. The summed E-state index contributed by atoms with van der Waals surface area (Å²) < 4.78 is 9.75. The largest absolute Gasteiger partial charge is 0.467 e. The van der Waals surface area contributed by atoms with Crippen LogP contribution in [0.3, 0.4) is 0 Å². The average Bonchev–Trinajstić information content (AvgIpc) is 2.77. The molecule has 1 aromatic rings. The number of amides is 1. The van der Waals surface area contributed by atoms with Crippen molar-refractivity contribution in [1.82, 2.24) is 15.5 Å². The fourth-order valence-corrected chi connectivity index (χ4v) is 1.41. The molecular weight excluding hydrogens is 250 g/mol. The van der Waals surface area contributed by atoms with Crippen LogP contribution in [0.1, 0.15) is 26.3 Å². The van der Waals surface area contributed by atoms with Gasteiger partial charge in [-0.15, -0.1) is 0 Å². The van der Waals surface area contributed by atoms with Gasteiger partial charge in [0.25, 0.3) is 0 Å². The van der Waals surface area contributed by atoms with Crippen molar-refractivity contribution in [2.75, 3.05) is 7.11 Å². The predicted octanol–water partition coefficient (Wildman–Crippen LogP) is 1.02. The summed E-state index contributed by atoms with van der Waals surface area (Å²) in [7, 11) is 1.27. The molecule has 1 amide bonds. The Kier molecular flexibility index (Phi) is 4.91. The molecule has 1 rings (SSSR count). The van der Waals surface area contributed by atoms with E-state index in [1.807, 2.05) is 0 Å². The fraction of sp³-hybridized carbons (Fsp3) is 0.583. The van der Waals surface area contributed by atoms with Crippen molar-refractivity contribution in [2.45, 2.75) is 38.8 Å². The molecule has 1 atom stereocenters. The van der Waals surface area contributed by atoms with E-state index in [0.717, 1.165) is 5.56 Å². The standard InChI is InChI=1S/C12H19N3O4/c1-12(2,3)19-11(17)15-9(10(16)18-4)5-8-6-13-14-7-8/h6-7,9H,5H2,1-4H3,(H,13,14)(H,15,17). The van der Waals surface area contributed by atoms with Gasteiger partial charge in [0.2, 0.25) is 0 Å². The maximum Gasteiger partial charge on any atom is 0.408 e. The normalized spacial score (nSPS) is 12.6. The van der Waals surface area contributed by atoms with Crippen LogP contribution < -0.4 is 5.32 Å². The first-order valence-corrected chi connectivity index (χ1v) is 5.87. The van der Waals surface area contributed by atoms with E-state index in [1.165, 1.54) is 7.11 Å². The van der Waals surface area contributed by atoms with Crippen molar-refractivity contribution in [3.8, 4) is 0 Å². The Morgan fingerprint density at radius 1 is 1.47 bits per heavy atom. The molecule has 0 aliphatic carbocycles. The number of ether oxygens (including phenoxy) is 2. The average molecular weight is 269 g/mol. The van der Waals surface area contributed by atoms with Gasteiger partial charge in [-0.05, 0) is 26.3 Å². The molecule has 0 saturated carbocycles. The lowest BCUT2D eigenvalue weighted by Crippen LogP contribution is -2.45. The molecule has 0 spiro atoms. The minimum Gasteiger partial charge on any atom is -0.467 e. The third kappa shape index (κ3) is 5.41. The summed E-state index contributed by atoms with van der Waals surface area (Å²) in [5, 5.41) is 8.90. The van der Waals surface area contributed by atoms with Crippen LogP contribution in [-0.2, 0) is 20.7 Å². The van der Waals surface area contributed by atoms with Crippen molar-refractivity contribution in [3.05, 3.63) is 18.0 Å². The lowest BCUT2D eigenvalue weighted by Gasteiger charge is -2.22. The van der Waals surface area contributed by atoms with E-state index in [9.17, 15) is 9.59 Å². The lowest BCUT2D eigenvalue weighted by molar-refractivity contribution is -0.143. The van der Waals surface area contributed by atoms with Crippen LogP contribution in [0.25, 0.3) is 0 Å². The van der Waals surface area contributed by atoms with Crippen molar-refractivity contribution >= 4 is 12.1 Å². The fourth-order valence-electron chi connectivity index (χ4n) is 1.41. The highest BCUT2D eigenvalue weighted by Gasteiger charge is 2.25. The number of aromatic amines is 1. The second-order valence-corrected chi connectivity index (χ2v) is 5.03. The van der Waals surface area contributed by atoms with Gasteiger partial charge in [-0.1, -0.05) is 0 Å². The number of nitrogens with one attached hydrogen (secondary N) is 2. The van der Waals surface area contributed by atoms with Crippen LogP contribution in [0.2, 0.25) is 0 Å². The number of hydrogen-bond acceptors (Lipinski definition) is 5. The highest BCUT2D eigenvalue weighted by molar-refractivity contribution is 5.81. The number of aromatic nitrogens is 2. The van der Waals surface area contributed by atoms with Gasteiger partial charge in [0.05, 0.1) is 13.3 Å². The maximum absolute atomic E-state index is 11.7. The number of rotatable bonds is 4. The minimum absolute atomic E-state index is 0.280. The van der Waals surface area contributed by atoms with E-state index in [1.54, 1.807) is 33.2 Å². The zero-order valence-electron chi connectivity index (χ0n) is 11.5. The van der Waals surface area contributed by atoms with Crippen molar-refractivity contribution < 1.29 is 19.1 Å². The van der Waals surface area contributed by atoms with Crippen LogP contribution in [-0.4, -0.2) is 41.0 Å². The monoisotopic (exact) mass is 269 g/mol. The second kappa shape index (κ2) is 6.21. The predicted molar refractivity (Wildman–Crippen MR) is 67.5 cm³/mol. The molecule has 0 bridgehead atoms. The van der Waals surface area contributed by atoms with Crippen molar-refractivity contribution in [2.24, 2.45) is 0 Å². The van der Waals surface area contributed by atoms with E-state index in [4.69, 9.17) is 4.74 Å². The van der Waals surface area contributed by atoms with Crippen molar-refractivity contribution in [1.29, 1.82) is 0 Å². The molecule has 0 aliphatic rings. The van der Waals surface area contributed by atoms with Gasteiger partial charge < -0.3 is 14.8 Å². The van der Waals surface area contributed by atoms with E-state index in [2.05, 4.69) is 20.3 Å². The molecule has 0 aromatic carbocycles. The SMILES string of the molecule is COC(=O)C(Cc1cn[nH]c1)NC(=O)OC(C)(C)C. The molecule has 2 N–H and O–H groups in total. The molecule has 19 heavy (non-hydrogen) atoms. The summed E-state index contributed by atoms with van der Waals surface area (Å²) in [5.41, 5.74) is 0.159. The Bertz CT molecular complexity index is 423. The molecule has 0 aliphatic heterocycles. The number of H-pyrrole nitrogens is 1. The van der Waals surface area contributed by atoms with Gasteiger partial charge in [0.1, 0.15) is 11.6 Å². The van der Waals surface area contributed by atoms with Crippen LogP contribution in [0.15, 0.2) is 12.4 Å². The molecule has 0 fully saturated rings. The second-order valence-electron chi connectivity index (χ2n) is 5.03. The minimum atomic E-state index is -0.808. The summed E-state index contributed by atoms with van der Waals surface area (Å²) in [4.78, 5) is 23.3. The molecule has 7 nitrogen and oxygen atoms in total. The van der Waals surface area contributed by atoms with Gasteiger partial charge in [0.15, 0.2) is 0 Å². The smallest absolute Gasteiger partial charge is 0.408 e. The Morgan fingerprint density at radius 3 is 2.63 bits per heavy atom. The van der Waals surface area contributed by atoms with Gasteiger partial charge in [-0.2, -0.15) is 5.10 Å². The number of methoxy groups -OCH3 is 1. The zero-order valence-corrected chi connectivity index (χ0v) is 11.5. The quantitative estimate of drug-likeness (QED) is 0.796. The van der Waals surface area contributed by atoms with E-state index < -0.39 is 23.7 Å². The van der Waals surface area contributed by atoms with Crippen LogP contribution in [0, 0.1) is 0 Å². The van der Waals surface area contributed by atoms with E-state index in [-0.39, 0.29) is 6.42 Å². The highest BCUT2D eigenvalue weighted by Crippen LogP contribution is 2.08. The third-order valence-electron chi connectivity index (χ3n) is 2.17. The molecule has 7 heteroatoms. The summed E-state index contributed by atoms with van der Waals surface area (Å²) in [5.74, 6) is -0.535. The van der Waals surface area contributed by atoms with E-state index >= 15 is 0 Å². The molecular formula is C12H19N3O4. The van der Waals surface area contributed by atoms with Crippen LogP contribution in [0.5, 0.6) is 0 Å². The molecule has 1 unspecified atom stereocenters. The van der Waals surface area contributed by atoms with Crippen LogP contribution >= 0.6 is 0 Å². The lowest BCUT2D eigenvalue weighted by atomic mass is 10.1. The summed E-state index contributed by atoms with van der Waals surface area (Å²) >= 11 is 0.